The van der Waals surface area contributed by atoms with Crippen molar-refractivity contribution in [2.75, 3.05) is 20.3 Å². The maximum atomic E-state index is 8.94. The van der Waals surface area contributed by atoms with Crippen molar-refractivity contribution in [3.05, 3.63) is 0 Å². The number of rotatable bonds is 5. The molecule has 0 amide bonds. The van der Waals surface area contributed by atoms with Crippen LogP contribution >= 0.6 is 0 Å². The maximum Gasteiger partial charge on any atom is 0.0667 e. The van der Waals surface area contributed by atoms with Gasteiger partial charge in [-0.25, -0.2) is 0 Å². The molecule has 2 N–H and O–H groups in total. The molecule has 11 heavy (non-hydrogen) atoms. The van der Waals surface area contributed by atoms with Crippen molar-refractivity contribution in [3.8, 4) is 0 Å². The highest BCUT2D eigenvalue weighted by atomic mass is 16.5. The van der Waals surface area contributed by atoms with Crippen molar-refractivity contribution >= 4 is 0 Å². The Bertz CT molecular complexity index is 123. The summed E-state index contributed by atoms with van der Waals surface area (Å²) in [6, 6.07) is 0. The van der Waals surface area contributed by atoms with Crippen LogP contribution in [-0.2, 0) is 4.74 Å². The molecule has 0 heterocycles. The molecular weight excluding hydrogens is 142 g/mol. The Morgan fingerprint density at radius 3 is 2.64 bits per heavy atom. The van der Waals surface area contributed by atoms with Gasteiger partial charge in [0.1, 0.15) is 0 Å². The first-order valence-electron chi connectivity index (χ1n) is 4.11. The molecule has 3 nitrogen and oxygen atoms in total. The van der Waals surface area contributed by atoms with Gasteiger partial charge in [-0.15, -0.1) is 0 Å². The van der Waals surface area contributed by atoms with E-state index in [1.165, 1.54) is 0 Å². The SMILES string of the molecule is COC(C)CNC1(CO)CC1. The van der Waals surface area contributed by atoms with Crippen molar-refractivity contribution in [3.63, 3.8) is 0 Å². The first-order valence-corrected chi connectivity index (χ1v) is 4.11. The minimum Gasteiger partial charge on any atom is -0.394 e. The highest BCUT2D eigenvalue weighted by Gasteiger charge is 2.41. The summed E-state index contributed by atoms with van der Waals surface area (Å²) >= 11 is 0. The number of hydrogen-bond acceptors (Lipinski definition) is 3. The zero-order valence-corrected chi connectivity index (χ0v) is 7.26. The lowest BCUT2D eigenvalue weighted by Crippen LogP contribution is -2.39. The molecule has 3 heteroatoms. The molecule has 66 valence electrons. The lowest BCUT2D eigenvalue weighted by Gasteiger charge is -2.17. The molecule has 0 aromatic carbocycles. The second-order valence-corrected chi connectivity index (χ2v) is 3.37. The average molecular weight is 159 g/mol. The van der Waals surface area contributed by atoms with Crippen LogP contribution in [0.4, 0.5) is 0 Å². The van der Waals surface area contributed by atoms with Crippen LogP contribution in [0.5, 0.6) is 0 Å². The molecule has 1 saturated carbocycles. The Morgan fingerprint density at radius 1 is 1.64 bits per heavy atom. The van der Waals surface area contributed by atoms with Crippen LogP contribution in [0.15, 0.2) is 0 Å². The number of ether oxygens (including phenoxy) is 1. The van der Waals surface area contributed by atoms with Crippen LogP contribution in [-0.4, -0.2) is 37.0 Å². The van der Waals surface area contributed by atoms with Gasteiger partial charge in [0.15, 0.2) is 0 Å². The first-order chi connectivity index (χ1) is 5.22. The Labute approximate surface area is 67.7 Å². The monoisotopic (exact) mass is 159 g/mol. The van der Waals surface area contributed by atoms with Gasteiger partial charge in [-0.1, -0.05) is 0 Å². The van der Waals surface area contributed by atoms with Gasteiger partial charge >= 0.3 is 0 Å². The third-order valence-corrected chi connectivity index (χ3v) is 2.32. The van der Waals surface area contributed by atoms with Gasteiger partial charge in [0.2, 0.25) is 0 Å². The van der Waals surface area contributed by atoms with Gasteiger partial charge in [0.05, 0.1) is 12.7 Å². The van der Waals surface area contributed by atoms with Crippen LogP contribution < -0.4 is 5.32 Å². The van der Waals surface area contributed by atoms with Gasteiger partial charge in [-0.3, -0.25) is 0 Å². The summed E-state index contributed by atoms with van der Waals surface area (Å²) in [6.07, 6.45) is 2.43. The Kier molecular flexibility index (Phi) is 2.87. The number of aliphatic hydroxyl groups excluding tert-OH is 1. The molecule has 0 aromatic heterocycles. The predicted molar refractivity (Wildman–Crippen MR) is 43.5 cm³/mol. The van der Waals surface area contributed by atoms with E-state index in [-0.39, 0.29) is 18.2 Å². The van der Waals surface area contributed by atoms with E-state index in [9.17, 15) is 0 Å². The highest BCUT2D eigenvalue weighted by Crippen LogP contribution is 2.34. The lowest BCUT2D eigenvalue weighted by molar-refractivity contribution is 0.108. The number of nitrogens with one attached hydrogen (secondary N) is 1. The Balaban J connectivity index is 2.11. The van der Waals surface area contributed by atoms with Crippen molar-refractivity contribution < 1.29 is 9.84 Å². The Hall–Kier alpha value is -0.120. The molecule has 0 aliphatic heterocycles. The fourth-order valence-corrected chi connectivity index (χ4v) is 0.985. The number of hydrogen-bond donors (Lipinski definition) is 2. The summed E-state index contributed by atoms with van der Waals surface area (Å²) in [6.45, 7) is 3.10. The summed E-state index contributed by atoms with van der Waals surface area (Å²) in [7, 11) is 1.70. The molecule has 0 saturated heterocycles. The molecule has 0 bridgehead atoms. The quantitative estimate of drug-likeness (QED) is 0.599. The standard InChI is InChI=1S/C8H17NO2/c1-7(11-2)5-9-8(6-10)3-4-8/h7,9-10H,3-6H2,1-2H3. The molecular formula is C8H17NO2. The first kappa shape index (κ1) is 8.97. The van der Waals surface area contributed by atoms with Crippen LogP contribution in [0.25, 0.3) is 0 Å². The van der Waals surface area contributed by atoms with Crippen molar-refractivity contribution in [2.24, 2.45) is 0 Å². The van der Waals surface area contributed by atoms with Gasteiger partial charge in [0, 0.05) is 19.2 Å². The zero-order valence-electron chi connectivity index (χ0n) is 7.26. The fourth-order valence-electron chi connectivity index (χ4n) is 0.985. The summed E-state index contributed by atoms with van der Waals surface area (Å²) in [4.78, 5) is 0. The average Bonchev–Trinajstić information content (AvgIpc) is 2.81. The van der Waals surface area contributed by atoms with E-state index in [1.807, 2.05) is 6.92 Å². The predicted octanol–water partition coefficient (Wildman–Crippen LogP) is 0.136. The van der Waals surface area contributed by atoms with Crippen molar-refractivity contribution in [1.82, 2.24) is 5.32 Å². The maximum absolute atomic E-state index is 8.94. The molecule has 1 atom stereocenters. The van der Waals surface area contributed by atoms with E-state index in [2.05, 4.69) is 5.32 Å². The lowest BCUT2D eigenvalue weighted by atomic mass is 10.2. The van der Waals surface area contributed by atoms with E-state index in [0.29, 0.717) is 0 Å². The summed E-state index contributed by atoms with van der Waals surface area (Å²) in [5.41, 5.74) is 0.0484. The Morgan fingerprint density at radius 2 is 2.27 bits per heavy atom. The molecule has 1 fully saturated rings. The topological polar surface area (TPSA) is 41.5 Å². The van der Waals surface area contributed by atoms with Gasteiger partial charge in [-0.05, 0) is 19.8 Å². The fraction of sp³-hybridized carbons (Fsp3) is 1.00. The van der Waals surface area contributed by atoms with Gasteiger partial charge in [0.25, 0.3) is 0 Å². The molecule has 1 unspecified atom stereocenters. The minimum atomic E-state index is 0.0484. The van der Waals surface area contributed by atoms with Gasteiger partial charge < -0.3 is 15.2 Å². The van der Waals surface area contributed by atoms with E-state index < -0.39 is 0 Å². The summed E-state index contributed by atoms with van der Waals surface area (Å²) in [5.74, 6) is 0. The molecule has 0 aromatic rings. The molecule has 1 aliphatic carbocycles. The van der Waals surface area contributed by atoms with Crippen LogP contribution in [0.3, 0.4) is 0 Å². The van der Waals surface area contributed by atoms with Crippen molar-refractivity contribution in [1.29, 1.82) is 0 Å². The normalized spacial score (nSPS) is 23.2. The number of aliphatic hydroxyl groups is 1. The summed E-state index contributed by atoms with van der Waals surface area (Å²) < 4.78 is 5.07. The third-order valence-electron chi connectivity index (χ3n) is 2.32. The molecule has 1 aliphatic rings. The van der Waals surface area contributed by atoms with E-state index in [0.717, 1.165) is 19.4 Å². The minimum absolute atomic E-state index is 0.0484. The number of methoxy groups -OCH3 is 1. The van der Waals surface area contributed by atoms with E-state index >= 15 is 0 Å². The van der Waals surface area contributed by atoms with Gasteiger partial charge in [-0.2, -0.15) is 0 Å². The molecule has 0 radical (unpaired) electrons. The molecule has 1 rings (SSSR count). The summed E-state index contributed by atoms with van der Waals surface area (Å²) in [5, 5.41) is 12.2. The van der Waals surface area contributed by atoms with E-state index in [1.54, 1.807) is 7.11 Å². The highest BCUT2D eigenvalue weighted by molar-refractivity contribution is 5.01. The van der Waals surface area contributed by atoms with E-state index in [4.69, 9.17) is 9.84 Å². The smallest absolute Gasteiger partial charge is 0.0667 e. The van der Waals surface area contributed by atoms with Crippen LogP contribution in [0.2, 0.25) is 0 Å². The van der Waals surface area contributed by atoms with Crippen LogP contribution in [0, 0.1) is 0 Å². The largest absolute Gasteiger partial charge is 0.394 e. The molecule has 0 spiro atoms. The second-order valence-electron chi connectivity index (χ2n) is 3.37. The van der Waals surface area contributed by atoms with Crippen LogP contribution in [0.1, 0.15) is 19.8 Å². The zero-order chi connectivity index (χ0) is 8.32. The van der Waals surface area contributed by atoms with Crippen molar-refractivity contribution in [2.45, 2.75) is 31.4 Å². The second kappa shape index (κ2) is 3.52. The third kappa shape index (κ3) is 2.43.